The lowest BCUT2D eigenvalue weighted by Crippen LogP contribution is -2.60. The minimum absolute atomic E-state index is 0.0215. The van der Waals surface area contributed by atoms with Gasteiger partial charge in [-0.05, 0) is 57.8 Å². The molecule has 4 N–H and O–H groups in total. The molecule has 1 fully saturated rings. The Morgan fingerprint density at radius 2 is 1.19 bits per heavy atom. The van der Waals surface area contributed by atoms with Crippen molar-refractivity contribution in [1.29, 1.82) is 0 Å². The smallest absolute Gasteiger partial charge is 0.397 e. The molecule has 13 heteroatoms. The molecule has 0 bridgehead atoms. The lowest BCUT2D eigenvalue weighted by molar-refractivity contribution is -0.301. The Labute approximate surface area is 350 Å². The van der Waals surface area contributed by atoms with Crippen LogP contribution in [0.2, 0.25) is 0 Å². The molecule has 1 rings (SSSR count). The van der Waals surface area contributed by atoms with E-state index >= 15 is 0 Å². The van der Waals surface area contributed by atoms with Crippen LogP contribution in [-0.4, -0.2) is 97.5 Å². The summed E-state index contributed by atoms with van der Waals surface area (Å²) < 4.78 is 58.9. The normalized spacial score (nSPS) is 21.1. The number of aliphatic hydroxyl groups is 3. The van der Waals surface area contributed by atoms with Crippen molar-refractivity contribution >= 4 is 16.4 Å². The van der Waals surface area contributed by atoms with Crippen LogP contribution in [0.25, 0.3) is 0 Å². The van der Waals surface area contributed by atoms with Crippen LogP contribution in [0.5, 0.6) is 0 Å². The minimum Gasteiger partial charge on any atom is -0.457 e. The lowest BCUT2D eigenvalue weighted by Gasteiger charge is -2.41. The molecule has 1 saturated heterocycles. The largest absolute Gasteiger partial charge is 0.457 e. The van der Waals surface area contributed by atoms with Crippen LogP contribution in [0.3, 0.4) is 0 Å². The van der Waals surface area contributed by atoms with Crippen LogP contribution < -0.4 is 0 Å². The number of rotatable bonds is 37. The average molecular weight is 843 g/mol. The van der Waals surface area contributed by atoms with E-state index in [9.17, 15) is 28.5 Å². The van der Waals surface area contributed by atoms with Crippen molar-refractivity contribution in [1.82, 2.24) is 0 Å². The van der Waals surface area contributed by atoms with E-state index in [0.29, 0.717) is 13.0 Å². The summed E-state index contributed by atoms with van der Waals surface area (Å²) in [5.41, 5.74) is 0. The molecule has 1 aliphatic heterocycles. The Kier molecular flexibility index (Phi) is 34.0. The Morgan fingerprint density at radius 3 is 1.72 bits per heavy atom. The Hall–Kier alpha value is -2.20. The monoisotopic (exact) mass is 843 g/mol. The zero-order valence-electron chi connectivity index (χ0n) is 35.6. The highest BCUT2D eigenvalue weighted by Crippen LogP contribution is 2.26. The molecule has 0 aliphatic carbocycles. The highest BCUT2D eigenvalue weighted by Gasteiger charge is 2.48. The molecule has 336 valence electrons. The van der Waals surface area contributed by atoms with Gasteiger partial charge in [-0.2, -0.15) is 8.42 Å². The van der Waals surface area contributed by atoms with Gasteiger partial charge >= 0.3 is 16.4 Å². The van der Waals surface area contributed by atoms with Gasteiger partial charge in [-0.25, -0.2) is 4.18 Å². The standard InChI is InChI=1S/C45H78O12S/c1-3-5-7-9-11-13-15-17-18-19-20-21-22-23-24-26-28-30-32-34-41(47)55-39(37-53-35-33-31-29-27-25-16-14-12-10-8-6-4-2)38-54-45-43(49)44(57-58(50,51)52)42(48)40(36-46)56-45/h5,7,11,13,17-18,20-21,23-24,39-40,42-46,48-49H,3-4,6,8-10,12,14-16,19,22,25-38H2,1-2H3,(H,50,51,52)/b7-5-,13-11-,18-17-,21-20-,24-23-. The Morgan fingerprint density at radius 1 is 0.672 bits per heavy atom. The number of carbonyl (C=O) groups excluding carboxylic acids is 1. The van der Waals surface area contributed by atoms with Gasteiger partial charge in [-0.1, -0.05) is 152 Å². The molecule has 58 heavy (non-hydrogen) atoms. The molecule has 1 aliphatic rings. The van der Waals surface area contributed by atoms with Crippen LogP contribution in [-0.2, 0) is 38.3 Å². The summed E-state index contributed by atoms with van der Waals surface area (Å²) in [7, 11) is -5.07. The zero-order chi connectivity index (χ0) is 42.5. The first-order chi connectivity index (χ1) is 28.1. The summed E-state index contributed by atoms with van der Waals surface area (Å²) in [6.07, 6.45) is 35.4. The topological polar surface area (TPSA) is 178 Å². The van der Waals surface area contributed by atoms with Gasteiger partial charge in [-0.3, -0.25) is 9.35 Å². The van der Waals surface area contributed by atoms with Gasteiger partial charge in [-0.15, -0.1) is 0 Å². The first-order valence-corrected chi connectivity index (χ1v) is 23.4. The summed E-state index contributed by atoms with van der Waals surface area (Å²) in [5, 5.41) is 30.6. The molecule has 0 aromatic carbocycles. The molecule has 0 spiro atoms. The second-order valence-electron chi connectivity index (χ2n) is 14.9. The summed E-state index contributed by atoms with van der Waals surface area (Å²) in [4.78, 5) is 12.8. The molecule has 12 nitrogen and oxygen atoms in total. The van der Waals surface area contributed by atoms with Gasteiger partial charge in [0.1, 0.15) is 30.5 Å². The van der Waals surface area contributed by atoms with Crippen molar-refractivity contribution in [3.8, 4) is 0 Å². The third-order valence-corrected chi connectivity index (χ3v) is 10.1. The summed E-state index contributed by atoms with van der Waals surface area (Å²) >= 11 is 0. The highest BCUT2D eigenvalue weighted by molar-refractivity contribution is 7.80. The maximum atomic E-state index is 12.8. The zero-order valence-corrected chi connectivity index (χ0v) is 36.4. The highest BCUT2D eigenvalue weighted by atomic mass is 32.3. The van der Waals surface area contributed by atoms with Crippen molar-refractivity contribution in [3.05, 3.63) is 60.8 Å². The fourth-order valence-electron chi connectivity index (χ4n) is 6.34. The molecule has 0 amide bonds. The SMILES string of the molecule is CC/C=C\C/C=C\C/C=C\C/C=C\C/C=C\CCCCCC(=O)OC(COCCCCCCCCCCCCCC)COC1OC(CO)C(O)C(OS(=O)(=O)O)C1O. The van der Waals surface area contributed by atoms with E-state index < -0.39 is 59.8 Å². The van der Waals surface area contributed by atoms with Crippen molar-refractivity contribution < 1.29 is 56.2 Å². The molecular weight excluding hydrogens is 765 g/mol. The van der Waals surface area contributed by atoms with Crippen LogP contribution in [0, 0.1) is 0 Å². The number of ether oxygens (including phenoxy) is 4. The molecule has 6 unspecified atom stereocenters. The molecule has 0 radical (unpaired) electrons. The van der Waals surface area contributed by atoms with Gasteiger partial charge in [0, 0.05) is 13.0 Å². The van der Waals surface area contributed by atoms with Gasteiger partial charge in [0.2, 0.25) is 0 Å². The molecule has 0 saturated carbocycles. The van der Waals surface area contributed by atoms with E-state index in [4.69, 9.17) is 23.5 Å². The van der Waals surface area contributed by atoms with Gasteiger partial charge in [0.15, 0.2) is 6.29 Å². The molecular formula is C45H78O12S. The predicted octanol–water partition coefficient (Wildman–Crippen LogP) is 8.96. The molecule has 0 aromatic heterocycles. The second-order valence-corrected chi connectivity index (χ2v) is 16.0. The molecule has 6 atom stereocenters. The number of unbranched alkanes of at least 4 members (excludes halogenated alkanes) is 14. The first-order valence-electron chi connectivity index (χ1n) is 22.0. The Bertz CT molecular complexity index is 1250. The van der Waals surface area contributed by atoms with E-state index in [2.05, 4.69) is 78.8 Å². The van der Waals surface area contributed by atoms with E-state index in [-0.39, 0.29) is 19.6 Å². The van der Waals surface area contributed by atoms with Crippen LogP contribution in [0.4, 0.5) is 0 Å². The van der Waals surface area contributed by atoms with E-state index in [1.165, 1.54) is 57.8 Å². The van der Waals surface area contributed by atoms with Gasteiger partial charge in [0.25, 0.3) is 0 Å². The third kappa shape index (κ3) is 29.9. The van der Waals surface area contributed by atoms with Crippen LogP contribution in [0.1, 0.15) is 155 Å². The quantitative estimate of drug-likeness (QED) is 0.0202. The first kappa shape index (κ1) is 53.8. The number of aliphatic hydroxyl groups excluding tert-OH is 3. The van der Waals surface area contributed by atoms with E-state index in [1.54, 1.807) is 0 Å². The number of hydrogen-bond acceptors (Lipinski definition) is 11. The number of allylic oxidation sites excluding steroid dienone is 10. The van der Waals surface area contributed by atoms with Crippen molar-refractivity contribution in [2.24, 2.45) is 0 Å². The number of hydrogen-bond donors (Lipinski definition) is 4. The maximum absolute atomic E-state index is 12.8. The fraction of sp³-hybridized carbons (Fsp3) is 0.756. The molecule has 1 heterocycles. The predicted molar refractivity (Wildman–Crippen MR) is 229 cm³/mol. The minimum atomic E-state index is -5.07. The Balaban J connectivity index is 2.47. The van der Waals surface area contributed by atoms with Gasteiger partial charge in [0.05, 0.1) is 19.8 Å². The maximum Gasteiger partial charge on any atom is 0.397 e. The van der Waals surface area contributed by atoms with Crippen molar-refractivity contribution in [2.45, 2.75) is 192 Å². The second kappa shape index (κ2) is 36.6. The number of carbonyl (C=O) groups is 1. The average Bonchev–Trinajstić information content (AvgIpc) is 3.19. The van der Waals surface area contributed by atoms with E-state index in [1.807, 2.05) is 0 Å². The molecule has 0 aromatic rings. The van der Waals surface area contributed by atoms with Crippen LogP contribution in [0.15, 0.2) is 60.8 Å². The summed E-state index contributed by atoms with van der Waals surface area (Å²) in [6.45, 7) is 3.82. The summed E-state index contributed by atoms with van der Waals surface area (Å²) in [6, 6.07) is 0. The fourth-order valence-corrected chi connectivity index (χ4v) is 6.85. The lowest BCUT2D eigenvalue weighted by atomic mass is 9.99. The summed E-state index contributed by atoms with van der Waals surface area (Å²) in [5.74, 6) is -0.432. The van der Waals surface area contributed by atoms with Crippen molar-refractivity contribution in [2.75, 3.05) is 26.4 Å². The number of esters is 1. The van der Waals surface area contributed by atoms with Gasteiger partial charge < -0.3 is 34.3 Å². The van der Waals surface area contributed by atoms with Crippen molar-refractivity contribution in [3.63, 3.8) is 0 Å². The van der Waals surface area contributed by atoms with Crippen LogP contribution >= 0.6 is 0 Å². The third-order valence-electron chi connectivity index (χ3n) is 9.65. The van der Waals surface area contributed by atoms with E-state index in [0.717, 1.165) is 70.6 Å².